The molecule has 2 nitrogen and oxygen atoms in total. The highest BCUT2D eigenvalue weighted by Gasteiger charge is 2.27. The summed E-state index contributed by atoms with van der Waals surface area (Å²) in [5.74, 6) is 0.929. The summed E-state index contributed by atoms with van der Waals surface area (Å²) in [4.78, 5) is 0.251. The maximum absolute atomic E-state index is 5.46. The summed E-state index contributed by atoms with van der Waals surface area (Å²) in [5.41, 5.74) is 0.998. The zero-order valence-electron chi connectivity index (χ0n) is 10.3. The normalized spacial score (nSPS) is 13.6. The Morgan fingerprint density at radius 2 is 1.88 bits per heavy atom. The first-order valence-corrected chi connectivity index (χ1v) is 6.24. The van der Waals surface area contributed by atoms with Gasteiger partial charge in [0.1, 0.15) is 5.75 Å². The second-order valence-electron chi connectivity index (χ2n) is 4.29. The van der Waals surface area contributed by atoms with Gasteiger partial charge in [0.05, 0.1) is 12.7 Å². The summed E-state index contributed by atoms with van der Waals surface area (Å²) in [7, 11) is 3.43. The molecule has 0 spiro atoms. The van der Waals surface area contributed by atoms with Gasteiger partial charge in [-0.2, -0.15) is 0 Å². The zero-order valence-corrected chi connectivity index (χ0v) is 11.9. The first kappa shape index (κ1) is 13.5. The molecule has 1 aromatic rings. The Morgan fingerprint density at radius 1 is 1.25 bits per heavy atom. The first-order valence-electron chi connectivity index (χ1n) is 5.32. The summed E-state index contributed by atoms with van der Waals surface area (Å²) in [6.45, 7) is 4.14. The Morgan fingerprint density at radius 3 is 2.44 bits per heavy atom. The van der Waals surface area contributed by atoms with Crippen molar-refractivity contribution in [1.82, 2.24) is 0 Å². The lowest BCUT2D eigenvalue weighted by Gasteiger charge is -2.29. The Kier molecular flexibility index (Phi) is 4.81. The molecule has 1 rings (SSSR count). The molecule has 0 saturated heterocycles. The Bertz CT molecular complexity index is 336. The van der Waals surface area contributed by atoms with Crippen LogP contribution in [-0.2, 0) is 11.2 Å². The van der Waals surface area contributed by atoms with Crippen LogP contribution in [-0.4, -0.2) is 24.6 Å². The molecule has 90 valence electrons. The van der Waals surface area contributed by atoms with E-state index in [4.69, 9.17) is 9.47 Å². The fourth-order valence-corrected chi connectivity index (χ4v) is 1.97. The van der Waals surface area contributed by atoms with Crippen LogP contribution in [0.2, 0.25) is 0 Å². The number of methoxy groups -OCH3 is 2. The standard InChI is InChI=1S/C13H19BrO2/c1-13(2,16-4)12(14)9-10-7-5-6-8-11(10)15-3/h5-8,12H,9H2,1-4H3. The van der Waals surface area contributed by atoms with Crippen LogP contribution in [0.1, 0.15) is 19.4 Å². The van der Waals surface area contributed by atoms with E-state index in [1.54, 1.807) is 14.2 Å². The third kappa shape index (κ3) is 3.22. The van der Waals surface area contributed by atoms with Crippen molar-refractivity contribution in [3.63, 3.8) is 0 Å². The van der Waals surface area contributed by atoms with Crippen LogP contribution < -0.4 is 4.74 Å². The largest absolute Gasteiger partial charge is 0.496 e. The van der Waals surface area contributed by atoms with Gasteiger partial charge in [-0.15, -0.1) is 0 Å². The van der Waals surface area contributed by atoms with Crippen molar-refractivity contribution in [2.75, 3.05) is 14.2 Å². The van der Waals surface area contributed by atoms with E-state index >= 15 is 0 Å². The van der Waals surface area contributed by atoms with Gasteiger partial charge in [0.2, 0.25) is 0 Å². The molecule has 0 aliphatic rings. The van der Waals surface area contributed by atoms with E-state index in [-0.39, 0.29) is 10.4 Å². The number of benzene rings is 1. The van der Waals surface area contributed by atoms with Crippen LogP contribution >= 0.6 is 15.9 Å². The molecule has 1 aromatic carbocycles. The Labute approximate surface area is 106 Å². The van der Waals surface area contributed by atoms with E-state index in [9.17, 15) is 0 Å². The SMILES string of the molecule is COc1ccccc1CC(Br)C(C)(C)OC. The lowest BCUT2D eigenvalue weighted by atomic mass is 9.98. The minimum absolute atomic E-state index is 0.194. The fourth-order valence-electron chi connectivity index (χ4n) is 1.44. The van der Waals surface area contributed by atoms with E-state index in [1.807, 2.05) is 18.2 Å². The smallest absolute Gasteiger partial charge is 0.122 e. The van der Waals surface area contributed by atoms with Crippen LogP contribution in [0.5, 0.6) is 5.75 Å². The molecular formula is C13H19BrO2. The van der Waals surface area contributed by atoms with Gasteiger partial charge in [-0.3, -0.25) is 0 Å². The maximum atomic E-state index is 5.46. The minimum Gasteiger partial charge on any atom is -0.496 e. The van der Waals surface area contributed by atoms with Crippen LogP contribution in [0.25, 0.3) is 0 Å². The highest BCUT2D eigenvalue weighted by atomic mass is 79.9. The number of halogens is 1. The van der Waals surface area contributed by atoms with Crippen molar-refractivity contribution in [3.8, 4) is 5.75 Å². The molecule has 3 heteroatoms. The summed E-state index contributed by atoms with van der Waals surface area (Å²) >= 11 is 3.68. The van der Waals surface area contributed by atoms with E-state index in [0.29, 0.717) is 0 Å². The van der Waals surface area contributed by atoms with E-state index < -0.39 is 0 Å². The Balaban J connectivity index is 2.80. The van der Waals surface area contributed by atoms with Gasteiger partial charge >= 0.3 is 0 Å². The highest BCUT2D eigenvalue weighted by Crippen LogP contribution is 2.28. The molecule has 0 aliphatic carbocycles. The van der Waals surface area contributed by atoms with Crippen molar-refractivity contribution in [3.05, 3.63) is 29.8 Å². The van der Waals surface area contributed by atoms with Crippen LogP contribution in [0.15, 0.2) is 24.3 Å². The van der Waals surface area contributed by atoms with Crippen LogP contribution in [0, 0.1) is 0 Å². The monoisotopic (exact) mass is 286 g/mol. The summed E-state index contributed by atoms with van der Waals surface area (Å²) in [6.07, 6.45) is 0.880. The topological polar surface area (TPSA) is 18.5 Å². The molecule has 0 saturated carbocycles. The molecule has 1 unspecified atom stereocenters. The minimum atomic E-state index is -0.194. The summed E-state index contributed by atoms with van der Waals surface area (Å²) < 4.78 is 10.8. The van der Waals surface area contributed by atoms with Crippen molar-refractivity contribution in [1.29, 1.82) is 0 Å². The second-order valence-corrected chi connectivity index (χ2v) is 5.40. The molecule has 1 atom stereocenters. The predicted octanol–water partition coefficient (Wildman–Crippen LogP) is 3.43. The molecular weight excluding hydrogens is 268 g/mol. The summed E-state index contributed by atoms with van der Waals surface area (Å²) in [5, 5.41) is 0. The third-order valence-corrected chi connectivity index (χ3v) is 4.30. The first-order chi connectivity index (χ1) is 7.51. The molecule has 0 radical (unpaired) electrons. The average Bonchev–Trinajstić information content (AvgIpc) is 2.29. The van der Waals surface area contributed by atoms with Gasteiger partial charge in [0.25, 0.3) is 0 Å². The van der Waals surface area contributed by atoms with Gasteiger partial charge in [-0.25, -0.2) is 0 Å². The number of alkyl halides is 1. The van der Waals surface area contributed by atoms with Crippen LogP contribution in [0.4, 0.5) is 0 Å². The Hall–Kier alpha value is -0.540. The van der Waals surface area contributed by atoms with Gasteiger partial charge in [0, 0.05) is 11.9 Å². The molecule has 0 heterocycles. The number of hydrogen-bond donors (Lipinski definition) is 0. The lowest BCUT2D eigenvalue weighted by molar-refractivity contribution is 0.0225. The van der Waals surface area contributed by atoms with Crippen molar-refractivity contribution in [2.24, 2.45) is 0 Å². The molecule has 0 N–H and O–H groups in total. The van der Waals surface area contributed by atoms with Crippen LogP contribution in [0.3, 0.4) is 0 Å². The lowest BCUT2D eigenvalue weighted by Crippen LogP contribution is -2.35. The molecule has 0 amide bonds. The molecule has 0 aliphatic heterocycles. The third-order valence-electron chi connectivity index (χ3n) is 2.87. The van der Waals surface area contributed by atoms with Gasteiger partial charge in [-0.05, 0) is 31.9 Å². The van der Waals surface area contributed by atoms with Crippen molar-refractivity contribution >= 4 is 15.9 Å². The zero-order chi connectivity index (χ0) is 12.2. The van der Waals surface area contributed by atoms with E-state index in [1.165, 1.54) is 5.56 Å². The van der Waals surface area contributed by atoms with Gasteiger partial charge < -0.3 is 9.47 Å². The fraction of sp³-hybridized carbons (Fsp3) is 0.538. The quantitative estimate of drug-likeness (QED) is 0.772. The second kappa shape index (κ2) is 5.69. The maximum Gasteiger partial charge on any atom is 0.122 e. The van der Waals surface area contributed by atoms with E-state index in [0.717, 1.165) is 12.2 Å². The number of hydrogen-bond acceptors (Lipinski definition) is 2. The number of para-hydroxylation sites is 1. The average molecular weight is 287 g/mol. The van der Waals surface area contributed by atoms with E-state index in [2.05, 4.69) is 35.8 Å². The number of ether oxygens (including phenoxy) is 2. The molecule has 0 fully saturated rings. The number of rotatable bonds is 5. The molecule has 0 bridgehead atoms. The highest BCUT2D eigenvalue weighted by molar-refractivity contribution is 9.09. The van der Waals surface area contributed by atoms with Gasteiger partial charge in [0.15, 0.2) is 0 Å². The molecule has 16 heavy (non-hydrogen) atoms. The van der Waals surface area contributed by atoms with Gasteiger partial charge in [-0.1, -0.05) is 34.1 Å². The predicted molar refractivity (Wildman–Crippen MR) is 70.5 cm³/mol. The molecule has 0 aromatic heterocycles. The van der Waals surface area contributed by atoms with Crippen molar-refractivity contribution in [2.45, 2.75) is 30.7 Å². The summed E-state index contributed by atoms with van der Waals surface area (Å²) in [6, 6.07) is 8.07. The van der Waals surface area contributed by atoms with Crippen molar-refractivity contribution < 1.29 is 9.47 Å².